The van der Waals surface area contributed by atoms with Crippen LogP contribution in [-0.2, 0) is 4.79 Å². The molecular weight excluding hydrogens is 419 g/mol. The van der Waals surface area contributed by atoms with Crippen LogP contribution in [0.3, 0.4) is 0 Å². The van der Waals surface area contributed by atoms with Crippen LogP contribution in [0.5, 0.6) is 5.75 Å². The molecule has 0 aliphatic carbocycles. The number of ether oxygens (including phenoxy) is 1. The van der Waals surface area contributed by atoms with Crippen molar-refractivity contribution in [3.8, 4) is 5.75 Å². The van der Waals surface area contributed by atoms with Gasteiger partial charge in [-0.05, 0) is 25.5 Å². The number of hydrogen-bond donors (Lipinski definition) is 2. The molecule has 0 radical (unpaired) electrons. The van der Waals surface area contributed by atoms with Crippen molar-refractivity contribution in [1.29, 1.82) is 0 Å². The van der Waals surface area contributed by atoms with Gasteiger partial charge < -0.3 is 20.3 Å². The minimum Gasteiger partial charge on any atom is -0.489 e. The number of aryl methyl sites for hydroxylation is 1. The molecule has 0 aromatic heterocycles. The van der Waals surface area contributed by atoms with Crippen LogP contribution in [0.4, 0.5) is 0 Å². The molecule has 0 heterocycles. The Labute approximate surface area is 162 Å². The van der Waals surface area contributed by atoms with Crippen LogP contribution in [-0.4, -0.2) is 57.1 Å². The number of halogens is 1. The fourth-order valence-corrected chi connectivity index (χ4v) is 1.92. The maximum absolute atomic E-state index is 11.5. The average molecular weight is 448 g/mol. The van der Waals surface area contributed by atoms with E-state index in [-0.39, 0.29) is 36.0 Å². The lowest BCUT2D eigenvalue weighted by Gasteiger charge is -2.19. The second-order valence-corrected chi connectivity index (χ2v) is 5.61. The fraction of sp³-hybridized carbons (Fsp3) is 0.529. The van der Waals surface area contributed by atoms with E-state index in [0.29, 0.717) is 25.5 Å². The highest BCUT2D eigenvalue weighted by molar-refractivity contribution is 14.0. The number of amides is 1. The normalized spacial score (nSPS) is 12.0. The van der Waals surface area contributed by atoms with E-state index in [0.717, 1.165) is 11.3 Å². The molecular formula is C17H29IN4O2. The van der Waals surface area contributed by atoms with Crippen LogP contribution in [0.1, 0.15) is 18.9 Å². The van der Waals surface area contributed by atoms with Crippen molar-refractivity contribution in [2.75, 3.05) is 34.2 Å². The summed E-state index contributed by atoms with van der Waals surface area (Å²) in [5.74, 6) is 1.64. The minimum atomic E-state index is -0.00180. The van der Waals surface area contributed by atoms with E-state index < -0.39 is 0 Å². The van der Waals surface area contributed by atoms with Gasteiger partial charge in [0.25, 0.3) is 0 Å². The Morgan fingerprint density at radius 1 is 1.29 bits per heavy atom. The Morgan fingerprint density at radius 3 is 2.54 bits per heavy atom. The first-order valence-electron chi connectivity index (χ1n) is 7.81. The monoisotopic (exact) mass is 448 g/mol. The first-order chi connectivity index (χ1) is 10.9. The van der Waals surface area contributed by atoms with Crippen LogP contribution >= 0.6 is 24.0 Å². The van der Waals surface area contributed by atoms with Gasteiger partial charge in [0, 0.05) is 34.1 Å². The summed E-state index contributed by atoms with van der Waals surface area (Å²) in [5.41, 5.74) is 1.11. The second kappa shape index (κ2) is 11.9. The number of aliphatic imine (C=N–C) groups is 1. The number of rotatable bonds is 7. The van der Waals surface area contributed by atoms with E-state index in [4.69, 9.17) is 4.74 Å². The first kappa shape index (κ1) is 22.5. The summed E-state index contributed by atoms with van der Waals surface area (Å²) in [6.07, 6.45) is 0.432. The molecule has 0 saturated carbocycles. The third-order valence-corrected chi connectivity index (χ3v) is 3.33. The van der Waals surface area contributed by atoms with E-state index in [9.17, 15) is 4.79 Å². The average Bonchev–Trinajstić information content (AvgIpc) is 2.52. The van der Waals surface area contributed by atoms with Crippen molar-refractivity contribution in [2.45, 2.75) is 26.4 Å². The van der Waals surface area contributed by atoms with E-state index in [1.807, 2.05) is 38.1 Å². The first-order valence-corrected chi connectivity index (χ1v) is 7.81. The number of nitrogens with zero attached hydrogens (tertiary/aromatic N) is 2. The van der Waals surface area contributed by atoms with Crippen molar-refractivity contribution in [2.24, 2.45) is 4.99 Å². The molecule has 1 rings (SSSR count). The summed E-state index contributed by atoms with van der Waals surface area (Å²) in [6.45, 7) is 5.19. The second-order valence-electron chi connectivity index (χ2n) is 5.61. The van der Waals surface area contributed by atoms with Gasteiger partial charge in [0.1, 0.15) is 11.9 Å². The lowest BCUT2D eigenvalue weighted by Crippen LogP contribution is -2.42. The van der Waals surface area contributed by atoms with Gasteiger partial charge in [-0.2, -0.15) is 0 Å². The van der Waals surface area contributed by atoms with Gasteiger partial charge in [0.2, 0.25) is 5.91 Å². The van der Waals surface area contributed by atoms with Crippen LogP contribution in [0.2, 0.25) is 0 Å². The molecule has 2 N–H and O–H groups in total. The van der Waals surface area contributed by atoms with Crippen LogP contribution in [0, 0.1) is 6.92 Å². The lowest BCUT2D eigenvalue weighted by atomic mass is 10.2. The predicted octanol–water partition coefficient (Wildman–Crippen LogP) is 2.02. The Kier molecular flexibility index (Phi) is 11.2. The molecule has 24 heavy (non-hydrogen) atoms. The molecule has 0 spiro atoms. The number of benzene rings is 1. The highest BCUT2D eigenvalue weighted by Gasteiger charge is 2.08. The maximum Gasteiger partial charge on any atom is 0.223 e. The van der Waals surface area contributed by atoms with Crippen molar-refractivity contribution in [1.82, 2.24) is 15.5 Å². The van der Waals surface area contributed by atoms with E-state index in [1.165, 1.54) is 0 Å². The summed E-state index contributed by atoms with van der Waals surface area (Å²) in [7, 11) is 5.20. The molecule has 1 amide bonds. The minimum absolute atomic E-state index is 0. The standard InChI is InChI=1S/C17H28N4O2.HI/c1-13-8-6-7-9-15(13)23-14(2)12-20-17(18-3)19-11-10-16(22)21(4)5;/h6-9,14H,10-12H2,1-5H3,(H2,18,19,20);1H. The molecule has 1 aromatic rings. The highest BCUT2D eigenvalue weighted by atomic mass is 127. The largest absolute Gasteiger partial charge is 0.489 e. The van der Waals surface area contributed by atoms with E-state index in [1.54, 1.807) is 26.0 Å². The number of hydrogen-bond acceptors (Lipinski definition) is 3. The van der Waals surface area contributed by atoms with Gasteiger partial charge >= 0.3 is 0 Å². The molecule has 0 aliphatic rings. The Balaban J connectivity index is 0.00000529. The molecule has 0 saturated heterocycles. The van der Waals surface area contributed by atoms with E-state index in [2.05, 4.69) is 15.6 Å². The Morgan fingerprint density at radius 2 is 1.96 bits per heavy atom. The summed E-state index contributed by atoms with van der Waals surface area (Å²) < 4.78 is 5.91. The maximum atomic E-state index is 11.5. The van der Waals surface area contributed by atoms with Gasteiger partial charge in [-0.25, -0.2) is 0 Å². The van der Waals surface area contributed by atoms with E-state index >= 15 is 0 Å². The predicted molar refractivity (Wildman–Crippen MR) is 109 cm³/mol. The van der Waals surface area contributed by atoms with Gasteiger partial charge in [0.05, 0.1) is 6.54 Å². The number of para-hydroxylation sites is 1. The third kappa shape index (κ3) is 8.37. The molecule has 1 unspecified atom stereocenters. The zero-order valence-corrected chi connectivity index (χ0v) is 17.5. The lowest BCUT2D eigenvalue weighted by molar-refractivity contribution is -0.128. The number of carbonyl (C=O) groups is 1. The number of nitrogens with one attached hydrogen (secondary N) is 2. The van der Waals surface area contributed by atoms with Gasteiger partial charge in [-0.3, -0.25) is 9.79 Å². The quantitative estimate of drug-likeness (QED) is 0.381. The topological polar surface area (TPSA) is 66.0 Å². The summed E-state index contributed by atoms with van der Waals surface area (Å²) >= 11 is 0. The van der Waals surface area contributed by atoms with Crippen LogP contribution in [0.15, 0.2) is 29.3 Å². The molecule has 0 aliphatic heterocycles. The summed E-state index contributed by atoms with van der Waals surface area (Å²) in [4.78, 5) is 17.2. The molecule has 0 fully saturated rings. The summed E-state index contributed by atoms with van der Waals surface area (Å²) in [6, 6.07) is 7.94. The molecule has 1 aromatic carbocycles. The van der Waals surface area contributed by atoms with Crippen molar-refractivity contribution >= 4 is 35.8 Å². The summed E-state index contributed by atoms with van der Waals surface area (Å²) in [5, 5.41) is 6.32. The van der Waals surface area contributed by atoms with Crippen molar-refractivity contribution in [3.05, 3.63) is 29.8 Å². The van der Waals surface area contributed by atoms with Gasteiger partial charge in [0.15, 0.2) is 5.96 Å². The Hall–Kier alpha value is -1.51. The smallest absolute Gasteiger partial charge is 0.223 e. The van der Waals surface area contributed by atoms with Gasteiger partial charge in [-0.15, -0.1) is 24.0 Å². The molecule has 7 heteroatoms. The molecule has 6 nitrogen and oxygen atoms in total. The van der Waals surface area contributed by atoms with Gasteiger partial charge in [-0.1, -0.05) is 18.2 Å². The zero-order chi connectivity index (χ0) is 17.2. The van der Waals surface area contributed by atoms with Crippen LogP contribution in [0.25, 0.3) is 0 Å². The molecule has 136 valence electrons. The molecule has 1 atom stereocenters. The SMILES string of the molecule is CN=C(NCCC(=O)N(C)C)NCC(C)Oc1ccccc1C.I. The number of guanidine groups is 1. The van der Waals surface area contributed by atoms with Crippen LogP contribution < -0.4 is 15.4 Å². The third-order valence-electron chi connectivity index (χ3n) is 3.33. The van der Waals surface area contributed by atoms with Crippen molar-refractivity contribution < 1.29 is 9.53 Å². The molecule has 0 bridgehead atoms. The van der Waals surface area contributed by atoms with Crippen molar-refractivity contribution in [3.63, 3.8) is 0 Å². The zero-order valence-electron chi connectivity index (χ0n) is 15.1. The highest BCUT2D eigenvalue weighted by Crippen LogP contribution is 2.17. The fourth-order valence-electron chi connectivity index (χ4n) is 1.92. The Bertz CT molecular complexity index is 535. The number of carbonyl (C=O) groups excluding carboxylic acids is 1.